The van der Waals surface area contributed by atoms with E-state index in [9.17, 15) is 14.0 Å². The van der Waals surface area contributed by atoms with E-state index in [-0.39, 0.29) is 17.9 Å². The molecule has 31 heavy (non-hydrogen) atoms. The Balaban J connectivity index is 1.24. The zero-order valence-corrected chi connectivity index (χ0v) is 16.6. The molecular weight excluding hydrogens is 401 g/mol. The summed E-state index contributed by atoms with van der Waals surface area (Å²) in [5.74, 6) is -0.744. The summed E-state index contributed by atoms with van der Waals surface area (Å²) in [6.45, 7) is 0. The van der Waals surface area contributed by atoms with Crippen LogP contribution in [-0.2, 0) is 4.79 Å². The molecule has 158 valence electrons. The summed E-state index contributed by atoms with van der Waals surface area (Å²) < 4.78 is 22.2. The van der Waals surface area contributed by atoms with Crippen LogP contribution in [0.2, 0.25) is 0 Å². The number of benzene rings is 1. The molecule has 0 saturated heterocycles. The van der Waals surface area contributed by atoms with E-state index in [0.717, 1.165) is 0 Å². The Bertz CT molecular complexity index is 1300. The number of nitrogens with zero attached hydrogens (tertiary/aromatic N) is 4. The van der Waals surface area contributed by atoms with E-state index < -0.39 is 11.6 Å². The Hall–Kier alpha value is -3.75. The fraction of sp³-hybridized carbons (Fsp3) is 0.273. The number of halogens is 1. The van der Waals surface area contributed by atoms with Gasteiger partial charge in [-0.1, -0.05) is 12.1 Å². The number of carbonyl (C=O) groups is 1. The third kappa shape index (κ3) is 3.63. The number of hydrogen-bond donors (Lipinski definition) is 1. The van der Waals surface area contributed by atoms with Gasteiger partial charge in [0.05, 0.1) is 0 Å². The summed E-state index contributed by atoms with van der Waals surface area (Å²) in [5, 5.41) is 7.08. The molecule has 0 aliphatic heterocycles. The minimum atomic E-state index is -0.416. The molecule has 1 aliphatic rings. The molecule has 1 aromatic carbocycles. The van der Waals surface area contributed by atoms with Gasteiger partial charge in [0.1, 0.15) is 11.5 Å². The summed E-state index contributed by atoms with van der Waals surface area (Å²) in [5.41, 5.74) is 1.33. The summed E-state index contributed by atoms with van der Waals surface area (Å²) >= 11 is 0. The van der Waals surface area contributed by atoms with E-state index in [2.05, 4.69) is 15.4 Å². The Morgan fingerprint density at radius 3 is 2.71 bits per heavy atom. The second kappa shape index (κ2) is 7.82. The van der Waals surface area contributed by atoms with E-state index in [1.165, 1.54) is 10.7 Å². The highest BCUT2D eigenvalue weighted by Crippen LogP contribution is 2.33. The highest BCUT2D eigenvalue weighted by atomic mass is 19.1. The fourth-order valence-corrected chi connectivity index (χ4v) is 4.18. The van der Waals surface area contributed by atoms with Gasteiger partial charge < -0.3 is 9.73 Å². The predicted octanol–water partition coefficient (Wildman–Crippen LogP) is 3.68. The third-order valence-electron chi connectivity index (χ3n) is 5.75. The number of rotatable bonds is 4. The topological polar surface area (TPSA) is 95.0 Å². The van der Waals surface area contributed by atoms with E-state index >= 15 is 0 Å². The predicted molar refractivity (Wildman–Crippen MR) is 111 cm³/mol. The minimum absolute atomic E-state index is 0.0482. The number of pyridine rings is 1. The van der Waals surface area contributed by atoms with Gasteiger partial charge in [-0.2, -0.15) is 0 Å². The van der Waals surface area contributed by atoms with Crippen molar-refractivity contribution in [1.29, 1.82) is 0 Å². The standard InChI is InChI=1S/C22H20FN5O3/c23-16-4-1-2-5-17(16)27-13-11-19(26-27)25-21(29)14-7-9-15(10-8-14)28-20-18(31-22(28)30)6-3-12-24-20/h1-6,11-15H,7-10H2,(H,25,26,29). The van der Waals surface area contributed by atoms with Gasteiger partial charge in [0.2, 0.25) is 5.91 Å². The molecule has 1 fully saturated rings. The average molecular weight is 421 g/mol. The number of para-hydroxylation sites is 1. The number of aromatic nitrogens is 4. The molecule has 1 aliphatic carbocycles. The number of oxazole rings is 1. The highest BCUT2D eigenvalue weighted by Gasteiger charge is 2.30. The largest absolute Gasteiger partial charge is 0.421 e. The summed E-state index contributed by atoms with van der Waals surface area (Å²) in [6, 6.07) is 11.3. The van der Waals surface area contributed by atoms with Gasteiger partial charge in [0.25, 0.3) is 0 Å². The van der Waals surface area contributed by atoms with Crippen LogP contribution in [-0.4, -0.2) is 25.2 Å². The fourth-order valence-electron chi connectivity index (χ4n) is 4.18. The third-order valence-corrected chi connectivity index (χ3v) is 5.75. The molecule has 0 spiro atoms. The lowest BCUT2D eigenvalue weighted by Gasteiger charge is -2.27. The van der Waals surface area contributed by atoms with E-state index in [0.29, 0.717) is 48.4 Å². The van der Waals surface area contributed by atoms with Crippen molar-refractivity contribution in [2.75, 3.05) is 5.32 Å². The molecule has 0 radical (unpaired) electrons. The first kappa shape index (κ1) is 19.2. The van der Waals surface area contributed by atoms with Crippen molar-refractivity contribution in [3.05, 3.63) is 71.2 Å². The Labute approximate surface area is 176 Å². The lowest BCUT2D eigenvalue weighted by atomic mass is 9.85. The molecule has 3 aromatic heterocycles. The molecule has 3 heterocycles. The first-order chi connectivity index (χ1) is 15.1. The molecular formula is C22H20FN5O3. The van der Waals surface area contributed by atoms with Crippen molar-refractivity contribution in [3.8, 4) is 5.69 Å². The van der Waals surface area contributed by atoms with Crippen LogP contribution in [0.15, 0.2) is 64.1 Å². The van der Waals surface area contributed by atoms with Gasteiger partial charge in [0, 0.05) is 30.4 Å². The zero-order chi connectivity index (χ0) is 21.4. The van der Waals surface area contributed by atoms with Crippen LogP contribution in [0.1, 0.15) is 31.7 Å². The smallest absolute Gasteiger partial charge is 0.406 e. The zero-order valence-electron chi connectivity index (χ0n) is 16.6. The number of amides is 1. The maximum absolute atomic E-state index is 13.9. The summed E-state index contributed by atoms with van der Waals surface area (Å²) in [4.78, 5) is 29.3. The van der Waals surface area contributed by atoms with Crippen LogP contribution in [0.3, 0.4) is 0 Å². The van der Waals surface area contributed by atoms with Crippen LogP contribution < -0.4 is 11.1 Å². The molecule has 5 rings (SSSR count). The van der Waals surface area contributed by atoms with Crippen molar-refractivity contribution in [3.63, 3.8) is 0 Å². The number of carbonyl (C=O) groups excluding carboxylic acids is 1. The molecule has 1 amide bonds. The van der Waals surface area contributed by atoms with Crippen molar-refractivity contribution < 1.29 is 13.6 Å². The van der Waals surface area contributed by atoms with Gasteiger partial charge in [0.15, 0.2) is 17.0 Å². The van der Waals surface area contributed by atoms with Crippen LogP contribution in [0, 0.1) is 11.7 Å². The number of nitrogens with one attached hydrogen (secondary N) is 1. The van der Waals surface area contributed by atoms with Gasteiger partial charge in [-0.25, -0.2) is 18.9 Å². The highest BCUT2D eigenvalue weighted by molar-refractivity contribution is 5.91. The van der Waals surface area contributed by atoms with E-state index in [1.54, 1.807) is 53.4 Å². The second-order valence-corrected chi connectivity index (χ2v) is 7.65. The first-order valence-corrected chi connectivity index (χ1v) is 10.2. The molecule has 9 heteroatoms. The number of fused-ring (bicyclic) bond motifs is 1. The molecule has 1 N–H and O–H groups in total. The Morgan fingerprint density at radius 2 is 1.90 bits per heavy atom. The lowest BCUT2D eigenvalue weighted by molar-refractivity contribution is -0.121. The monoisotopic (exact) mass is 421 g/mol. The van der Waals surface area contributed by atoms with E-state index in [4.69, 9.17) is 4.42 Å². The van der Waals surface area contributed by atoms with E-state index in [1.807, 2.05) is 0 Å². The first-order valence-electron chi connectivity index (χ1n) is 10.2. The van der Waals surface area contributed by atoms with Gasteiger partial charge in [-0.15, -0.1) is 5.10 Å². The van der Waals surface area contributed by atoms with Crippen molar-refractivity contribution in [2.24, 2.45) is 5.92 Å². The Morgan fingerprint density at radius 1 is 1.10 bits per heavy atom. The van der Waals surface area contributed by atoms with Gasteiger partial charge in [-0.05, 0) is 49.9 Å². The van der Waals surface area contributed by atoms with Gasteiger partial charge in [-0.3, -0.25) is 9.36 Å². The maximum Gasteiger partial charge on any atom is 0.421 e. The maximum atomic E-state index is 13.9. The minimum Gasteiger partial charge on any atom is -0.406 e. The number of anilines is 1. The van der Waals surface area contributed by atoms with Gasteiger partial charge >= 0.3 is 5.76 Å². The second-order valence-electron chi connectivity index (χ2n) is 7.65. The molecule has 0 unspecified atom stereocenters. The molecule has 8 nitrogen and oxygen atoms in total. The van der Waals surface area contributed by atoms with Crippen molar-refractivity contribution in [1.82, 2.24) is 19.3 Å². The number of hydrogen-bond acceptors (Lipinski definition) is 5. The van der Waals surface area contributed by atoms with Crippen LogP contribution in [0.25, 0.3) is 16.9 Å². The average Bonchev–Trinajstić information content (AvgIpc) is 3.37. The molecule has 4 aromatic rings. The van der Waals surface area contributed by atoms with Crippen LogP contribution in [0.5, 0.6) is 0 Å². The quantitative estimate of drug-likeness (QED) is 0.542. The molecule has 0 bridgehead atoms. The molecule has 0 atom stereocenters. The van der Waals surface area contributed by atoms with Crippen LogP contribution >= 0.6 is 0 Å². The van der Waals surface area contributed by atoms with Crippen molar-refractivity contribution >= 4 is 23.0 Å². The van der Waals surface area contributed by atoms with Crippen LogP contribution in [0.4, 0.5) is 10.2 Å². The summed E-state index contributed by atoms with van der Waals surface area (Å²) in [7, 11) is 0. The lowest BCUT2D eigenvalue weighted by Crippen LogP contribution is -2.30. The van der Waals surface area contributed by atoms with Crippen molar-refractivity contribution in [2.45, 2.75) is 31.7 Å². The molecule has 1 saturated carbocycles. The SMILES string of the molecule is O=C(Nc1ccn(-c2ccccc2F)n1)C1CCC(n2c(=O)oc3cccnc32)CC1. The Kier molecular flexibility index (Phi) is 4.85. The summed E-state index contributed by atoms with van der Waals surface area (Å²) in [6.07, 6.45) is 5.86. The normalized spacial score (nSPS) is 18.9.